The molecule has 101 valence electrons. The van der Waals surface area contributed by atoms with Crippen molar-refractivity contribution in [3.05, 3.63) is 35.4 Å². The van der Waals surface area contributed by atoms with E-state index in [1.54, 1.807) is 18.0 Å². The summed E-state index contributed by atoms with van der Waals surface area (Å²) in [5.41, 5.74) is 2.79. The smallest absolute Gasteiger partial charge is 0.222 e. The number of carbonyl (C=O) groups is 1. The van der Waals surface area contributed by atoms with Crippen molar-refractivity contribution in [2.24, 2.45) is 0 Å². The minimum absolute atomic E-state index is 0. The molecule has 0 unspecified atom stereocenters. The predicted octanol–water partition coefficient (Wildman–Crippen LogP) is 2.29. The van der Waals surface area contributed by atoms with Gasteiger partial charge in [-0.1, -0.05) is 6.92 Å². The van der Waals surface area contributed by atoms with Gasteiger partial charge in [-0.3, -0.25) is 4.79 Å². The molecule has 1 heterocycles. The van der Waals surface area contributed by atoms with Crippen LogP contribution in [0.2, 0.25) is 0 Å². The van der Waals surface area contributed by atoms with E-state index in [0.29, 0.717) is 18.6 Å². The fraction of sp³-hybridized carbons (Fsp3) is 0.333. The number of hydrogen-bond acceptors (Lipinski definition) is 3. The summed E-state index contributed by atoms with van der Waals surface area (Å²) in [4.78, 5) is 13.3. The summed E-state index contributed by atoms with van der Waals surface area (Å²) < 4.78 is 5.25. The molecule has 0 fully saturated rings. The van der Waals surface area contributed by atoms with Crippen LogP contribution in [0.1, 0.15) is 24.0 Å². The number of nitriles is 1. The van der Waals surface area contributed by atoms with Gasteiger partial charge < -0.3 is 9.64 Å². The van der Waals surface area contributed by atoms with E-state index in [2.05, 4.69) is 6.08 Å². The summed E-state index contributed by atoms with van der Waals surface area (Å²) in [5, 5.41) is 8.49. The van der Waals surface area contributed by atoms with E-state index in [-0.39, 0.29) is 45.2 Å². The monoisotopic (exact) mass is 344 g/mol. The van der Waals surface area contributed by atoms with Crippen LogP contribution in [0, 0.1) is 24.3 Å². The molecule has 0 aliphatic carbocycles. The van der Waals surface area contributed by atoms with Crippen LogP contribution in [0.5, 0.6) is 5.75 Å². The van der Waals surface area contributed by atoms with Gasteiger partial charge in [-0.05, 0) is 12.1 Å². The molecule has 1 aromatic rings. The molecule has 0 saturated carbocycles. The molecule has 1 aliphatic heterocycles. The Hall–Kier alpha value is -1.18. The largest absolute Gasteiger partial charge is 0.479 e. The van der Waals surface area contributed by atoms with E-state index < -0.39 is 0 Å². The number of aryl methyl sites for hydroxylation is 1. The number of amides is 1. The molecule has 0 N–H and O–H groups in total. The molecule has 1 aromatic carbocycles. The van der Waals surface area contributed by atoms with Crippen LogP contribution >= 0.6 is 0 Å². The molecule has 5 heteroatoms. The maximum absolute atomic E-state index is 11.7. The average molecular weight is 344 g/mol. The van der Waals surface area contributed by atoms with Crippen molar-refractivity contribution in [2.75, 3.05) is 13.7 Å². The van der Waals surface area contributed by atoms with Gasteiger partial charge >= 0.3 is 0 Å². The standard InChI is InChI=1S/C15H15N2O2.Y/c1-11-10-12(19-9-8-16)6-7-13(11)14-4-3-5-15(18)17(14)2;/h6-7,10H,3,5,9H2,1-2H3;/q-1;. The van der Waals surface area contributed by atoms with Crippen molar-refractivity contribution in [1.82, 2.24) is 4.90 Å². The predicted molar refractivity (Wildman–Crippen MR) is 70.9 cm³/mol. The Bertz CT molecular complexity index is 576. The van der Waals surface area contributed by atoms with E-state index in [1.807, 2.05) is 25.1 Å². The first-order valence-electron chi connectivity index (χ1n) is 6.11. The van der Waals surface area contributed by atoms with Crippen LogP contribution in [0.25, 0.3) is 5.70 Å². The third kappa shape index (κ3) is 3.68. The minimum Gasteiger partial charge on any atom is -0.479 e. The Morgan fingerprint density at radius 2 is 2.25 bits per heavy atom. The van der Waals surface area contributed by atoms with Crippen LogP contribution in [-0.4, -0.2) is 24.5 Å². The Morgan fingerprint density at radius 3 is 2.90 bits per heavy atom. The van der Waals surface area contributed by atoms with Crippen LogP contribution in [0.15, 0.2) is 18.2 Å². The van der Waals surface area contributed by atoms with Gasteiger partial charge in [0.05, 0.1) is 0 Å². The summed E-state index contributed by atoms with van der Waals surface area (Å²) in [7, 11) is 1.77. The number of allylic oxidation sites excluding steroid dienone is 1. The first kappa shape index (κ1) is 16.9. The molecule has 0 saturated heterocycles. The minimum atomic E-state index is 0. The molecule has 20 heavy (non-hydrogen) atoms. The molecule has 0 bridgehead atoms. The van der Waals surface area contributed by atoms with E-state index in [4.69, 9.17) is 10.00 Å². The first-order chi connectivity index (χ1) is 9.13. The average Bonchev–Trinajstić information content (AvgIpc) is 2.40. The van der Waals surface area contributed by atoms with Gasteiger partial charge in [0, 0.05) is 46.2 Å². The van der Waals surface area contributed by atoms with Crippen molar-refractivity contribution < 1.29 is 42.2 Å². The van der Waals surface area contributed by atoms with E-state index >= 15 is 0 Å². The summed E-state index contributed by atoms with van der Waals surface area (Å²) in [6, 6.07) is 7.51. The van der Waals surface area contributed by atoms with E-state index in [9.17, 15) is 4.79 Å². The summed E-state index contributed by atoms with van der Waals surface area (Å²) in [6.07, 6.45) is 4.42. The second-order valence-corrected chi connectivity index (χ2v) is 4.40. The maximum Gasteiger partial charge on any atom is 0.222 e. The molecule has 0 spiro atoms. The normalized spacial score (nSPS) is 14.2. The van der Waals surface area contributed by atoms with Crippen molar-refractivity contribution in [3.63, 3.8) is 0 Å². The van der Waals surface area contributed by atoms with Gasteiger partial charge in [0.15, 0.2) is 6.61 Å². The van der Waals surface area contributed by atoms with Gasteiger partial charge in [-0.15, -0.1) is 29.3 Å². The third-order valence-corrected chi connectivity index (χ3v) is 3.10. The third-order valence-electron chi connectivity index (χ3n) is 3.10. The summed E-state index contributed by atoms with van der Waals surface area (Å²) in [6.45, 7) is 1.99. The maximum atomic E-state index is 11.7. The molecular formula is C15H15N2O2Y-. The Morgan fingerprint density at radius 1 is 1.50 bits per heavy atom. The van der Waals surface area contributed by atoms with Crippen LogP contribution in [-0.2, 0) is 37.5 Å². The Labute approximate surface area is 144 Å². The zero-order valence-electron chi connectivity index (χ0n) is 11.6. The number of rotatable bonds is 3. The molecule has 0 aromatic heterocycles. The van der Waals surface area contributed by atoms with Gasteiger partial charge in [-0.2, -0.15) is 5.26 Å². The fourth-order valence-corrected chi connectivity index (χ4v) is 2.08. The van der Waals surface area contributed by atoms with E-state index in [0.717, 1.165) is 16.8 Å². The topological polar surface area (TPSA) is 53.3 Å². The number of hydrogen-bond donors (Lipinski definition) is 0. The Kier molecular flexibility index (Phi) is 6.38. The zero-order valence-corrected chi connectivity index (χ0v) is 14.5. The second-order valence-electron chi connectivity index (χ2n) is 4.40. The second kappa shape index (κ2) is 7.57. The number of benzene rings is 1. The molecule has 4 nitrogen and oxygen atoms in total. The molecular weight excluding hydrogens is 329 g/mol. The molecule has 2 rings (SSSR count). The fourth-order valence-electron chi connectivity index (χ4n) is 2.08. The number of carbonyl (C=O) groups excluding carboxylic acids is 1. The van der Waals surface area contributed by atoms with Crippen LogP contribution in [0.3, 0.4) is 0 Å². The molecule has 0 atom stereocenters. The van der Waals surface area contributed by atoms with Crippen molar-refractivity contribution in [1.29, 1.82) is 5.26 Å². The number of nitrogens with zero attached hydrogens (tertiary/aromatic N) is 2. The van der Waals surface area contributed by atoms with Gasteiger partial charge in [0.1, 0.15) is 11.8 Å². The molecule has 1 radical (unpaired) electrons. The zero-order chi connectivity index (χ0) is 13.8. The van der Waals surface area contributed by atoms with Gasteiger partial charge in [0.2, 0.25) is 5.91 Å². The van der Waals surface area contributed by atoms with Crippen LogP contribution in [0.4, 0.5) is 0 Å². The van der Waals surface area contributed by atoms with E-state index in [1.165, 1.54) is 0 Å². The van der Waals surface area contributed by atoms with Crippen molar-refractivity contribution in [3.8, 4) is 11.8 Å². The molecule has 1 aliphatic rings. The summed E-state index contributed by atoms with van der Waals surface area (Å²) >= 11 is 0. The van der Waals surface area contributed by atoms with Gasteiger partial charge in [0.25, 0.3) is 0 Å². The Balaban J connectivity index is 0.00000200. The number of ether oxygens (including phenoxy) is 1. The molecule has 1 amide bonds. The SMILES string of the molecule is Cc1cc(OCC#N)ccc1C1=[C-]CCC(=O)N1C.[Y]. The van der Waals surface area contributed by atoms with Crippen molar-refractivity contribution >= 4 is 11.6 Å². The first-order valence-corrected chi connectivity index (χ1v) is 6.11. The van der Waals surface area contributed by atoms with Crippen LogP contribution < -0.4 is 4.74 Å². The van der Waals surface area contributed by atoms with Crippen molar-refractivity contribution in [2.45, 2.75) is 19.8 Å². The quantitative estimate of drug-likeness (QED) is 0.791. The summed E-state index contributed by atoms with van der Waals surface area (Å²) in [5.74, 6) is 0.770. The van der Waals surface area contributed by atoms with Gasteiger partial charge in [-0.25, -0.2) is 6.08 Å².